The van der Waals surface area contributed by atoms with Crippen molar-refractivity contribution in [1.82, 2.24) is 15.0 Å². The predicted molar refractivity (Wildman–Crippen MR) is 233 cm³/mol. The fraction of sp³-hybridized carbons (Fsp3) is 0. The second kappa shape index (κ2) is 13.3. The first kappa shape index (κ1) is 32.2. The Hall–Kier alpha value is -7.21. The molecule has 0 spiro atoms. The number of hydrogen-bond donors (Lipinski definition) is 0. The van der Waals surface area contributed by atoms with Crippen molar-refractivity contribution in [3.8, 4) is 67.5 Å². The largest absolute Gasteiger partial charge is 0.456 e. The third kappa shape index (κ3) is 5.48. The first-order valence-corrected chi connectivity index (χ1v) is 19.5. The van der Waals surface area contributed by atoms with E-state index in [9.17, 15) is 0 Å². The molecule has 0 atom stereocenters. The van der Waals surface area contributed by atoms with Crippen LogP contribution in [0.5, 0.6) is 0 Å². The van der Waals surface area contributed by atoms with Crippen molar-refractivity contribution in [3.05, 3.63) is 188 Å². The number of rotatable bonds is 6. The summed E-state index contributed by atoms with van der Waals surface area (Å²) < 4.78 is 9.19. The van der Waals surface area contributed by atoms with Crippen molar-refractivity contribution in [3.63, 3.8) is 0 Å². The van der Waals surface area contributed by atoms with Gasteiger partial charge in [-0.15, -0.1) is 11.3 Å². The minimum absolute atomic E-state index is 0.597. The summed E-state index contributed by atoms with van der Waals surface area (Å²) in [7, 11) is 0. The van der Waals surface area contributed by atoms with Crippen molar-refractivity contribution in [1.29, 1.82) is 0 Å². The van der Waals surface area contributed by atoms with Gasteiger partial charge in [-0.3, -0.25) is 0 Å². The van der Waals surface area contributed by atoms with E-state index in [0.717, 1.165) is 44.2 Å². The van der Waals surface area contributed by atoms with Crippen LogP contribution in [-0.2, 0) is 0 Å². The van der Waals surface area contributed by atoms with Crippen LogP contribution in [0.15, 0.2) is 192 Å². The molecule has 0 aliphatic carbocycles. The third-order valence-electron chi connectivity index (χ3n) is 10.6. The maximum absolute atomic E-state index is 6.65. The lowest BCUT2D eigenvalue weighted by atomic mass is 9.92. The summed E-state index contributed by atoms with van der Waals surface area (Å²) in [5.74, 6) is 1.86. The van der Waals surface area contributed by atoms with Crippen molar-refractivity contribution < 1.29 is 4.42 Å². The Kier molecular flexibility index (Phi) is 7.64. The van der Waals surface area contributed by atoms with Crippen LogP contribution in [0, 0.1) is 0 Å². The molecule has 8 aromatic carbocycles. The van der Waals surface area contributed by atoms with E-state index in [-0.39, 0.29) is 0 Å². The lowest BCUT2D eigenvalue weighted by molar-refractivity contribution is 0.669. The van der Waals surface area contributed by atoms with Crippen molar-refractivity contribution in [2.45, 2.75) is 0 Å². The Balaban J connectivity index is 1.06. The summed E-state index contributed by atoms with van der Waals surface area (Å²) >= 11 is 1.85. The fourth-order valence-corrected chi connectivity index (χ4v) is 9.14. The van der Waals surface area contributed by atoms with E-state index >= 15 is 0 Å². The molecule has 4 nitrogen and oxygen atoms in total. The van der Waals surface area contributed by atoms with Gasteiger partial charge in [-0.2, -0.15) is 0 Å². The van der Waals surface area contributed by atoms with E-state index in [4.69, 9.17) is 19.4 Å². The van der Waals surface area contributed by atoms with E-state index in [0.29, 0.717) is 17.5 Å². The lowest BCUT2D eigenvalue weighted by Crippen LogP contribution is -2.00. The van der Waals surface area contributed by atoms with Crippen molar-refractivity contribution >= 4 is 53.4 Å². The molecule has 0 saturated heterocycles. The molecule has 0 bridgehead atoms. The normalized spacial score (nSPS) is 11.6. The van der Waals surface area contributed by atoms with Crippen molar-refractivity contribution in [2.75, 3.05) is 0 Å². The van der Waals surface area contributed by atoms with Crippen LogP contribution in [-0.4, -0.2) is 15.0 Å². The molecule has 0 fully saturated rings. The third-order valence-corrected chi connectivity index (χ3v) is 11.8. The van der Waals surface area contributed by atoms with E-state index < -0.39 is 0 Å². The number of fused-ring (bicyclic) bond motifs is 6. The fourth-order valence-electron chi connectivity index (χ4n) is 7.88. The molecule has 3 heterocycles. The van der Waals surface area contributed by atoms with Crippen LogP contribution in [0.4, 0.5) is 0 Å². The molecule has 0 aliphatic rings. The SMILES string of the molecule is c1ccc(-c2ccc(-c3ccc(-c4cccc5oc6cc(-c7nc(-c8ccccc8)nc(-c8ccccc8)n7)ccc6c45)c4sc5ccccc5c34)cc2)cc1. The predicted octanol–water partition coefficient (Wildman–Crippen LogP) is 14.1. The van der Waals surface area contributed by atoms with Crippen molar-refractivity contribution in [2.24, 2.45) is 0 Å². The lowest BCUT2D eigenvalue weighted by Gasteiger charge is -2.11. The topological polar surface area (TPSA) is 51.8 Å². The summed E-state index contributed by atoms with van der Waals surface area (Å²) in [6, 6.07) is 65.7. The van der Waals surface area contributed by atoms with Gasteiger partial charge in [-0.1, -0.05) is 164 Å². The zero-order valence-electron chi connectivity index (χ0n) is 30.1. The molecule has 11 aromatic rings. The molecule has 5 heteroatoms. The van der Waals surface area contributed by atoms with E-state index in [1.807, 2.05) is 72.0 Å². The van der Waals surface area contributed by atoms with Gasteiger partial charge in [0.05, 0.1) is 0 Å². The van der Waals surface area contributed by atoms with Crippen LogP contribution < -0.4 is 0 Å². The van der Waals surface area contributed by atoms with Gasteiger partial charge < -0.3 is 4.42 Å². The van der Waals surface area contributed by atoms with Gasteiger partial charge in [0.1, 0.15) is 11.2 Å². The Bertz CT molecular complexity index is 3170. The zero-order valence-corrected chi connectivity index (χ0v) is 30.9. The van der Waals surface area contributed by atoms with E-state index in [2.05, 4.69) is 127 Å². The van der Waals surface area contributed by atoms with Gasteiger partial charge in [-0.25, -0.2) is 15.0 Å². The number of thiophene rings is 1. The average molecular weight is 734 g/mol. The zero-order chi connectivity index (χ0) is 37.0. The Morgan fingerprint density at radius 2 is 0.893 bits per heavy atom. The minimum Gasteiger partial charge on any atom is -0.456 e. The first-order chi connectivity index (χ1) is 27.7. The van der Waals surface area contributed by atoms with Gasteiger partial charge in [0, 0.05) is 53.2 Å². The highest BCUT2D eigenvalue weighted by molar-refractivity contribution is 7.26. The van der Waals surface area contributed by atoms with Crippen LogP contribution >= 0.6 is 11.3 Å². The summed E-state index contributed by atoms with van der Waals surface area (Å²) in [5.41, 5.74) is 11.6. The maximum atomic E-state index is 6.65. The molecule has 0 amide bonds. The molecule has 0 radical (unpaired) electrons. The Morgan fingerprint density at radius 1 is 0.339 bits per heavy atom. The minimum atomic E-state index is 0.597. The van der Waals surface area contributed by atoms with Gasteiger partial charge in [0.2, 0.25) is 0 Å². The molecular formula is C51H31N3OS. The first-order valence-electron chi connectivity index (χ1n) is 18.7. The number of aromatic nitrogens is 3. The average Bonchev–Trinajstić information content (AvgIpc) is 3.86. The van der Waals surface area contributed by atoms with Gasteiger partial charge in [0.25, 0.3) is 0 Å². The summed E-state index contributed by atoms with van der Waals surface area (Å²) in [4.78, 5) is 14.8. The maximum Gasteiger partial charge on any atom is 0.164 e. The highest BCUT2D eigenvalue weighted by Crippen LogP contribution is 2.47. The quantitative estimate of drug-likeness (QED) is 0.171. The van der Waals surface area contributed by atoms with Crippen LogP contribution in [0.3, 0.4) is 0 Å². The molecule has 0 unspecified atom stereocenters. The van der Waals surface area contributed by atoms with Gasteiger partial charge >= 0.3 is 0 Å². The molecule has 0 aliphatic heterocycles. The highest BCUT2D eigenvalue weighted by atomic mass is 32.1. The number of hydrogen-bond acceptors (Lipinski definition) is 5. The standard InChI is InChI=1S/C51H31N3OS/c1-4-13-32(14-5-1)33-23-25-34(26-24-33)38-29-30-40(48-47(38)42-19-10-11-22-45(42)56-48)39-20-12-21-43-46(39)41-28-27-37(31-44(41)55-43)51-53-49(35-15-6-2-7-16-35)52-50(54-51)36-17-8-3-9-18-36/h1-31H. The second-order valence-corrected chi connectivity index (χ2v) is 15.0. The second-order valence-electron chi connectivity index (χ2n) is 13.9. The van der Waals surface area contributed by atoms with Gasteiger partial charge in [-0.05, 0) is 52.1 Å². The number of nitrogens with zero attached hydrogens (tertiary/aromatic N) is 3. The molecule has 3 aromatic heterocycles. The van der Waals surface area contributed by atoms with E-state index in [1.54, 1.807) is 0 Å². The molecule has 0 saturated carbocycles. The number of furan rings is 1. The number of benzene rings is 8. The Labute approximate surface area is 327 Å². The summed E-state index contributed by atoms with van der Waals surface area (Å²) in [6.45, 7) is 0. The monoisotopic (exact) mass is 733 g/mol. The van der Waals surface area contributed by atoms with E-state index in [1.165, 1.54) is 48.0 Å². The molecule has 56 heavy (non-hydrogen) atoms. The molecular weight excluding hydrogens is 703 g/mol. The molecule has 11 rings (SSSR count). The Morgan fingerprint density at radius 3 is 1.59 bits per heavy atom. The highest BCUT2D eigenvalue weighted by Gasteiger charge is 2.20. The summed E-state index contributed by atoms with van der Waals surface area (Å²) in [6.07, 6.45) is 0. The van der Waals surface area contributed by atoms with Gasteiger partial charge in [0.15, 0.2) is 17.5 Å². The van der Waals surface area contributed by atoms with Crippen LogP contribution in [0.1, 0.15) is 0 Å². The molecule has 0 N–H and O–H groups in total. The molecule has 262 valence electrons. The smallest absolute Gasteiger partial charge is 0.164 e. The van der Waals surface area contributed by atoms with Crippen LogP contribution in [0.2, 0.25) is 0 Å². The van der Waals surface area contributed by atoms with Crippen LogP contribution in [0.25, 0.3) is 110 Å². The summed E-state index contributed by atoms with van der Waals surface area (Å²) in [5, 5.41) is 4.70.